The number of methoxy groups -OCH3 is 2. The number of rotatable bonds is 19. The van der Waals surface area contributed by atoms with Crippen molar-refractivity contribution in [2.24, 2.45) is 5.92 Å². The lowest BCUT2D eigenvalue weighted by Gasteiger charge is -2.43. The zero-order chi connectivity index (χ0) is 37.1. The van der Waals surface area contributed by atoms with Crippen LogP contribution in [0.3, 0.4) is 0 Å². The minimum atomic E-state index is -3.95. The molecule has 1 unspecified atom stereocenters. The van der Waals surface area contributed by atoms with Crippen LogP contribution in [0.4, 0.5) is 5.69 Å². The standard InChI is InChI=1S/C40H54N2O9S/c1-29-6-14-35(15-7-29)52(45,46)42-24-39(51-28-32-10-16-38-37(22-32)41(19-21-50-38)18-5-20-47-3)36(23-34(42)13-17-40(43)44)33-11-8-31(9-12-33)27-49-26-30(2)25-48-4/h6-12,14-16,22,30,34,36,39H,5,13,17-21,23-28H2,1-4H3,(H,43,44)/t30?,34-,36+,39-/m0/s1. The molecule has 3 aromatic carbocycles. The molecule has 1 fully saturated rings. The lowest BCUT2D eigenvalue weighted by Crippen LogP contribution is -2.52. The summed E-state index contributed by atoms with van der Waals surface area (Å²) in [5.74, 6) is -0.0182. The van der Waals surface area contributed by atoms with Gasteiger partial charge < -0.3 is 33.7 Å². The van der Waals surface area contributed by atoms with Crippen LogP contribution in [0.25, 0.3) is 0 Å². The SMILES string of the molecule is COCCCN1CCOc2ccc(CO[C@H]3CN(S(=O)(=O)c4ccc(C)cc4)[C@@H](CCC(=O)O)C[C@@H]3c3ccc(COCC(C)COC)cc3)cc21. The van der Waals surface area contributed by atoms with Crippen LogP contribution in [0.5, 0.6) is 5.75 Å². The van der Waals surface area contributed by atoms with Crippen LogP contribution >= 0.6 is 0 Å². The van der Waals surface area contributed by atoms with Gasteiger partial charge in [0.15, 0.2) is 0 Å². The van der Waals surface area contributed by atoms with Crippen molar-refractivity contribution < 1.29 is 42.0 Å². The Hall–Kier alpha value is -3.52. The third kappa shape index (κ3) is 10.5. The number of carbonyl (C=O) groups is 1. The zero-order valence-electron chi connectivity index (χ0n) is 30.9. The van der Waals surface area contributed by atoms with Gasteiger partial charge in [-0.25, -0.2) is 8.42 Å². The van der Waals surface area contributed by atoms with Gasteiger partial charge in [0, 0.05) is 58.2 Å². The van der Waals surface area contributed by atoms with Crippen molar-refractivity contribution in [3.8, 4) is 5.75 Å². The second kappa shape index (κ2) is 19.0. The Labute approximate surface area is 308 Å². The van der Waals surface area contributed by atoms with E-state index in [1.807, 2.05) is 31.2 Å². The highest BCUT2D eigenvalue weighted by molar-refractivity contribution is 7.89. The summed E-state index contributed by atoms with van der Waals surface area (Å²) in [6.45, 7) is 8.95. The van der Waals surface area contributed by atoms with Gasteiger partial charge in [0.2, 0.25) is 10.0 Å². The van der Waals surface area contributed by atoms with Gasteiger partial charge in [-0.05, 0) is 67.1 Å². The van der Waals surface area contributed by atoms with Crippen LogP contribution in [0.2, 0.25) is 0 Å². The normalized spacial score (nSPS) is 19.9. The molecule has 0 aromatic heterocycles. The molecule has 1 saturated heterocycles. The van der Waals surface area contributed by atoms with Crippen molar-refractivity contribution in [2.75, 3.05) is 65.2 Å². The van der Waals surface area contributed by atoms with Crippen LogP contribution in [0.1, 0.15) is 60.8 Å². The van der Waals surface area contributed by atoms with Gasteiger partial charge in [-0.1, -0.05) is 55.0 Å². The molecule has 0 aliphatic carbocycles. The summed E-state index contributed by atoms with van der Waals surface area (Å²) in [4.78, 5) is 14.2. The van der Waals surface area contributed by atoms with E-state index >= 15 is 0 Å². The molecule has 284 valence electrons. The lowest BCUT2D eigenvalue weighted by molar-refractivity contribution is -0.137. The van der Waals surface area contributed by atoms with E-state index in [2.05, 4.69) is 30.0 Å². The van der Waals surface area contributed by atoms with E-state index in [1.54, 1.807) is 38.5 Å². The Balaban J connectivity index is 1.41. The highest BCUT2D eigenvalue weighted by atomic mass is 32.2. The maximum atomic E-state index is 14.2. The number of hydrogen-bond acceptors (Lipinski definition) is 9. The van der Waals surface area contributed by atoms with Gasteiger partial charge >= 0.3 is 5.97 Å². The first-order chi connectivity index (χ1) is 25.1. The largest absolute Gasteiger partial charge is 0.490 e. The second-order valence-electron chi connectivity index (χ2n) is 14.0. The Morgan fingerprint density at radius 3 is 2.44 bits per heavy atom. The van der Waals surface area contributed by atoms with Crippen molar-refractivity contribution >= 4 is 21.7 Å². The van der Waals surface area contributed by atoms with Crippen molar-refractivity contribution in [2.45, 2.75) is 75.7 Å². The van der Waals surface area contributed by atoms with Crippen LogP contribution in [-0.4, -0.2) is 96.2 Å². The number of carboxylic acid groups (broad SMARTS) is 1. The second-order valence-corrected chi connectivity index (χ2v) is 15.9. The first-order valence-electron chi connectivity index (χ1n) is 18.2. The number of benzene rings is 3. The average molecular weight is 739 g/mol. The fourth-order valence-electron chi connectivity index (χ4n) is 7.04. The van der Waals surface area contributed by atoms with Crippen molar-refractivity contribution in [3.63, 3.8) is 0 Å². The number of carboxylic acids is 1. The summed E-state index contributed by atoms with van der Waals surface area (Å²) < 4.78 is 59.0. The predicted octanol–water partition coefficient (Wildman–Crippen LogP) is 6.03. The molecule has 1 N–H and O–H groups in total. The molecule has 11 nitrogen and oxygen atoms in total. The van der Waals surface area contributed by atoms with Crippen molar-refractivity contribution in [3.05, 3.63) is 89.0 Å². The number of nitrogens with zero attached hydrogens (tertiary/aromatic N) is 2. The highest BCUT2D eigenvalue weighted by Crippen LogP contribution is 2.39. The molecule has 0 radical (unpaired) electrons. The molecule has 2 heterocycles. The molecule has 52 heavy (non-hydrogen) atoms. The Kier molecular flexibility index (Phi) is 14.5. The number of fused-ring (bicyclic) bond motifs is 1. The Morgan fingerprint density at radius 1 is 0.981 bits per heavy atom. The zero-order valence-corrected chi connectivity index (χ0v) is 31.7. The third-order valence-electron chi connectivity index (χ3n) is 9.81. The molecule has 0 amide bonds. The molecule has 5 rings (SSSR count). The first-order valence-corrected chi connectivity index (χ1v) is 19.6. The number of ether oxygens (including phenoxy) is 5. The molecule has 12 heteroatoms. The quantitative estimate of drug-likeness (QED) is 0.146. The third-order valence-corrected chi connectivity index (χ3v) is 11.7. The van der Waals surface area contributed by atoms with Gasteiger partial charge in [-0.2, -0.15) is 4.31 Å². The minimum absolute atomic E-state index is 0.0879. The number of aryl methyl sites for hydroxylation is 1. The number of hydrogen-bond donors (Lipinski definition) is 1. The van der Waals surface area contributed by atoms with Gasteiger partial charge in [0.1, 0.15) is 12.4 Å². The van der Waals surface area contributed by atoms with Crippen LogP contribution < -0.4 is 9.64 Å². The number of aliphatic carboxylic acids is 1. The summed E-state index contributed by atoms with van der Waals surface area (Å²) in [6.07, 6.45) is 0.867. The summed E-state index contributed by atoms with van der Waals surface area (Å²) >= 11 is 0. The van der Waals surface area contributed by atoms with Crippen molar-refractivity contribution in [1.82, 2.24) is 4.31 Å². The number of sulfonamides is 1. The predicted molar refractivity (Wildman–Crippen MR) is 199 cm³/mol. The van der Waals surface area contributed by atoms with Gasteiger partial charge in [0.05, 0.1) is 49.7 Å². The fraction of sp³-hybridized carbons (Fsp3) is 0.525. The first kappa shape index (κ1) is 39.7. The van der Waals surface area contributed by atoms with Gasteiger partial charge in [-0.15, -0.1) is 0 Å². The van der Waals surface area contributed by atoms with E-state index < -0.39 is 28.1 Å². The Bertz CT molecular complexity index is 1680. The van der Waals surface area contributed by atoms with E-state index in [-0.39, 0.29) is 42.7 Å². The summed E-state index contributed by atoms with van der Waals surface area (Å²) in [6, 6.07) is 20.5. The molecule has 0 spiro atoms. The number of anilines is 1. The molecular formula is C40H54N2O9S. The fourth-order valence-corrected chi connectivity index (χ4v) is 8.72. The van der Waals surface area contributed by atoms with E-state index in [9.17, 15) is 18.3 Å². The van der Waals surface area contributed by atoms with E-state index in [0.29, 0.717) is 39.5 Å². The monoisotopic (exact) mass is 738 g/mol. The van der Waals surface area contributed by atoms with E-state index in [1.165, 1.54) is 4.31 Å². The van der Waals surface area contributed by atoms with E-state index in [0.717, 1.165) is 53.2 Å². The molecule has 3 aromatic rings. The number of piperidine rings is 1. The highest BCUT2D eigenvalue weighted by Gasteiger charge is 2.43. The maximum absolute atomic E-state index is 14.2. The van der Waals surface area contributed by atoms with Crippen LogP contribution in [-0.2, 0) is 47.0 Å². The maximum Gasteiger partial charge on any atom is 0.303 e. The lowest BCUT2D eigenvalue weighted by atomic mass is 9.82. The molecule has 0 bridgehead atoms. The summed E-state index contributed by atoms with van der Waals surface area (Å²) in [7, 11) is -0.566. The Morgan fingerprint density at radius 2 is 1.73 bits per heavy atom. The van der Waals surface area contributed by atoms with Gasteiger partial charge in [-0.3, -0.25) is 4.79 Å². The molecular weight excluding hydrogens is 685 g/mol. The minimum Gasteiger partial charge on any atom is -0.490 e. The average Bonchev–Trinajstić information content (AvgIpc) is 3.13. The smallest absolute Gasteiger partial charge is 0.303 e. The van der Waals surface area contributed by atoms with Gasteiger partial charge in [0.25, 0.3) is 0 Å². The topological polar surface area (TPSA) is 124 Å². The summed E-state index contributed by atoms with van der Waals surface area (Å²) in [5.41, 5.74) is 4.95. The van der Waals surface area contributed by atoms with Crippen LogP contribution in [0, 0.1) is 12.8 Å². The van der Waals surface area contributed by atoms with E-state index in [4.69, 9.17) is 23.7 Å². The van der Waals surface area contributed by atoms with Crippen molar-refractivity contribution in [1.29, 1.82) is 0 Å². The molecule has 0 saturated carbocycles. The molecule has 2 aliphatic rings. The summed E-state index contributed by atoms with van der Waals surface area (Å²) in [5, 5.41) is 9.62. The molecule has 4 atom stereocenters. The van der Waals surface area contributed by atoms with Crippen LogP contribution in [0.15, 0.2) is 71.6 Å². The molecule has 2 aliphatic heterocycles.